The van der Waals surface area contributed by atoms with Crippen LogP contribution in [0.3, 0.4) is 0 Å². The van der Waals surface area contributed by atoms with Crippen LogP contribution < -0.4 is 11.1 Å². The zero-order valence-corrected chi connectivity index (χ0v) is 10.1. The summed E-state index contributed by atoms with van der Waals surface area (Å²) < 4.78 is 0. The molecule has 2 aromatic rings. The third-order valence-electron chi connectivity index (χ3n) is 2.53. The summed E-state index contributed by atoms with van der Waals surface area (Å²) in [6.45, 7) is 0.483. The fourth-order valence-corrected chi connectivity index (χ4v) is 1.82. The number of anilines is 1. The average Bonchev–Trinajstić information content (AvgIpc) is 2.39. The van der Waals surface area contributed by atoms with Gasteiger partial charge in [-0.15, -0.1) is 0 Å². The summed E-state index contributed by atoms with van der Waals surface area (Å²) in [7, 11) is 0. The zero-order chi connectivity index (χ0) is 12.1. The van der Waals surface area contributed by atoms with E-state index in [4.69, 9.17) is 17.3 Å². The quantitative estimate of drug-likeness (QED) is 0.874. The average molecular weight is 248 g/mol. The molecule has 0 fully saturated rings. The van der Waals surface area contributed by atoms with Crippen LogP contribution in [0, 0.1) is 0 Å². The van der Waals surface area contributed by atoms with Gasteiger partial charge in [-0.2, -0.15) is 0 Å². The summed E-state index contributed by atoms with van der Waals surface area (Å²) in [6, 6.07) is 11.5. The van der Waals surface area contributed by atoms with E-state index in [0.717, 1.165) is 11.3 Å². The Morgan fingerprint density at radius 1 is 1.24 bits per heavy atom. The predicted octanol–water partition coefficient (Wildman–Crippen LogP) is 2.85. The van der Waals surface area contributed by atoms with Crippen molar-refractivity contribution in [2.45, 2.75) is 6.04 Å². The van der Waals surface area contributed by atoms with Crippen molar-refractivity contribution in [1.82, 2.24) is 4.98 Å². The molecule has 3 N–H and O–H groups in total. The van der Waals surface area contributed by atoms with E-state index >= 15 is 0 Å². The number of para-hydroxylation sites is 1. The SMILES string of the molecule is NCC(Nc1ccccc1Cl)c1cccnc1. The smallest absolute Gasteiger partial charge is 0.0651 e. The molecule has 4 heteroatoms. The molecule has 1 aromatic carbocycles. The van der Waals surface area contributed by atoms with E-state index in [9.17, 15) is 0 Å². The monoisotopic (exact) mass is 247 g/mol. The minimum Gasteiger partial charge on any atom is -0.376 e. The van der Waals surface area contributed by atoms with Gasteiger partial charge in [-0.3, -0.25) is 4.98 Å². The third kappa shape index (κ3) is 2.96. The number of nitrogens with two attached hydrogens (primary N) is 1. The minimum absolute atomic E-state index is 0.0172. The second-order valence-electron chi connectivity index (χ2n) is 3.70. The number of halogens is 1. The largest absolute Gasteiger partial charge is 0.376 e. The highest BCUT2D eigenvalue weighted by Crippen LogP contribution is 2.25. The summed E-state index contributed by atoms with van der Waals surface area (Å²) in [5, 5.41) is 4.01. The van der Waals surface area contributed by atoms with Crippen LogP contribution in [-0.4, -0.2) is 11.5 Å². The first kappa shape index (κ1) is 11.9. The Bertz CT molecular complexity index is 473. The standard InChI is InChI=1S/C13H14ClN3/c14-11-5-1-2-6-12(11)17-13(8-15)10-4-3-7-16-9-10/h1-7,9,13,17H,8,15H2. The van der Waals surface area contributed by atoms with E-state index in [1.54, 1.807) is 12.4 Å². The van der Waals surface area contributed by atoms with Gasteiger partial charge in [-0.05, 0) is 23.8 Å². The van der Waals surface area contributed by atoms with Crippen molar-refractivity contribution >= 4 is 17.3 Å². The molecule has 0 saturated heterocycles. The molecule has 1 unspecified atom stereocenters. The number of nitrogens with zero attached hydrogens (tertiary/aromatic N) is 1. The Morgan fingerprint density at radius 2 is 2.06 bits per heavy atom. The first-order valence-corrected chi connectivity index (χ1v) is 5.80. The normalized spacial score (nSPS) is 12.1. The van der Waals surface area contributed by atoms with Crippen LogP contribution >= 0.6 is 11.6 Å². The number of nitrogens with one attached hydrogen (secondary N) is 1. The lowest BCUT2D eigenvalue weighted by molar-refractivity contribution is 0.785. The van der Waals surface area contributed by atoms with Gasteiger partial charge in [0.1, 0.15) is 0 Å². The molecule has 0 saturated carbocycles. The molecule has 1 aromatic heterocycles. The molecule has 0 aliphatic carbocycles. The highest BCUT2D eigenvalue weighted by Gasteiger charge is 2.10. The predicted molar refractivity (Wildman–Crippen MR) is 71.1 cm³/mol. The van der Waals surface area contributed by atoms with Crippen LogP contribution in [0.5, 0.6) is 0 Å². The van der Waals surface area contributed by atoms with Gasteiger partial charge in [0.2, 0.25) is 0 Å². The van der Waals surface area contributed by atoms with Gasteiger partial charge in [-0.25, -0.2) is 0 Å². The van der Waals surface area contributed by atoms with E-state index in [2.05, 4.69) is 10.3 Å². The van der Waals surface area contributed by atoms with E-state index < -0.39 is 0 Å². The highest BCUT2D eigenvalue weighted by molar-refractivity contribution is 6.33. The lowest BCUT2D eigenvalue weighted by atomic mass is 10.1. The van der Waals surface area contributed by atoms with Crippen molar-refractivity contribution in [3.05, 3.63) is 59.4 Å². The van der Waals surface area contributed by atoms with E-state index in [0.29, 0.717) is 11.6 Å². The summed E-state index contributed by atoms with van der Waals surface area (Å²) in [6.07, 6.45) is 3.55. The molecule has 2 rings (SSSR count). The van der Waals surface area contributed by atoms with Crippen LogP contribution in [0.4, 0.5) is 5.69 Å². The van der Waals surface area contributed by atoms with Crippen LogP contribution in [0.25, 0.3) is 0 Å². The Morgan fingerprint density at radius 3 is 2.71 bits per heavy atom. The third-order valence-corrected chi connectivity index (χ3v) is 2.86. The van der Waals surface area contributed by atoms with Gasteiger partial charge in [0.15, 0.2) is 0 Å². The second-order valence-corrected chi connectivity index (χ2v) is 4.11. The van der Waals surface area contributed by atoms with E-state index in [1.165, 1.54) is 0 Å². The maximum absolute atomic E-state index is 6.09. The number of pyridine rings is 1. The summed E-state index contributed by atoms with van der Waals surface area (Å²) in [5.41, 5.74) is 7.70. The first-order valence-electron chi connectivity index (χ1n) is 5.42. The second kappa shape index (κ2) is 5.66. The van der Waals surface area contributed by atoms with Crippen LogP contribution in [-0.2, 0) is 0 Å². The summed E-state index contributed by atoms with van der Waals surface area (Å²) in [5.74, 6) is 0. The molecule has 1 atom stereocenters. The molecule has 0 aliphatic heterocycles. The molecule has 0 aliphatic rings. The zero-order valence-electron chi connectivity index (χ0n) is 9.31. The van der Waals surface area contributed by atoms with E-state index in [1.807, 2.05) is 36.4 Å². The number of hydrogen-bond acceptors (Lipinski definition) is 3. The first-order chi connectivity index (χ1) is 8.31. The van der Waals surface area contributed by atoms with Crippen molar-refractivity contribution in [1.29, 1.82) is 0 Å². The molecule has 0 radical (unpaired) electrons. The Balaban J connectivity index is 2.19. The van der Waals surface area contributed by atoms with Gasteiger partial charge in [0.05, 0.1) is 16.8 Å². The van der Waals surface area contributed by atoms with Crippen LogP contribution in [0.2, 0.25) is 5.02 Å². The lowest BCUT2D eigenvalue weighted by Crippen LogP contribution is -2.20. The van der Waals surface area contributed by atoms with E-state index in [-0.39, 0.29) is 6.04 Å². The molecule has 88 valence electrons. The maximum atomic E-state index is 6.09. The van der Waals surface area contributed by atoms with Gasteiger partial charge < -0.3 is 11.1 Å². The van der Waals surface area contributed by atoms with Crippen LogP contribution in [0.15, 0.2) is 48.8 Å². The van der Waals surface area contributed by atoms with Crippen molar-refractivity contribution in [3.63, 3.8) is 0 Å². The summed E-state index contributed by atoms with van der Waals surface area (Å²) >= 11 is 6.09. The molecular weight excluding hydrogens is 234 g/mol. The maximum Gasteiger partial charge on any atom is 0.0651 e. The molecule has 0 spiro atoms. The van der Waals surface area contributed by atoms with Crippen molar-refractivity contribution < 1.29 is 0 Å². The molecular formula is C13H14ClN3. The Labute approximate surface area is 106 Å². The number of rotatable bonds is 4. The van der Waals surface area contributed by atoms with Gasteiger partial charge >= 0.3 is 0 Å². The number of aromatic nitrogens is 1. The Kier molecular flexibility index (Phi) is 3.96. The number of benzene rings is 1. The molecule has 17 heavy (non-hydrogen) atoms. The topological polar surface area (TPSA) is 50.9 Å². The molecule has 1 heterocycles. The van der Waals surface area contributed by atoms with Gasteiger partial charge in [-0.1, -0.05) is 29.8 Å². The molecule has 0 amide bonds. The fourth-order valence-electron chi connectivity index (χ4n) is 1.63. The van der Waals surface area contributed by atoms with Gasteiger partial charge in [0, 0.05) is 18.9 Å². The molecule has 3 nitrogen and oxygen atoms in total. The van der Waals surface area contributed by atoms with Crippen molar-refractivity contribution in [2.75, 3.05) is 11.9 Å². The lowest BCUT2D eigenvalue weighted by Gasteiger charge is -2.18. The van der Waals surface area contributed by atoms with Gasteiger partial charge in [0.25, 0.3) is 0 Å². The Hall–Kier alpha value is -1.58. The molecule has 0 bridgehead atoms. The minimum atomic E-state index is 0.0172. The van der Waals surface area contributed by atoms with Crippen molar-refractivity contribution in [2.24, 2.45) is 5.73 Å². The fraction of sp³-hybridized carbons (Fsp3) is 0.154. The summed E-state index contributed by atoms with van der Waals surface area (Å²) in [4.78, 5) is 4.09. The number of hydrogen-bond donors (Lipinski definition) is 2. The van der Waals surface area contributed by atoms with Crippen molar-refractivity contribution in [3.8, 4) is 0 Å². The highest BCUT2D eigenvalue weighted by atomic mass is 35.5. The van der Waals surface area contributed by atoms with Crippen LogP contribution in [0.1, 0.15) is 11.6 Å².